The Morgan fingerprint density at radius 3 is 2.87 bits per heavy atom. The van der Waals surface area contributed by atoms with E-state index in [1.54, 1.807) is 0 Å². The molecule has 0 aliphatic heterocycles. The van der Waals surface area contributed by atoms with Crippen LogP contribution in [0.1, 0.15) is 31.4 Å². The first-order chi connectivity index (χ1) is 7.24. The van der Waals surface area contributed by atoms with E-state index in [4.69, 9.17) is 0 Å². The summed E-state index contributed by atoms with van der Waals surface area (Å²) in [7, 11) is 0. The quantitative estimate of drug-likeness (QED) is 0.601. The van der Waals surface area contributed by atoms with E-state index in [0.29, 0.717) is 18.1 Å². The Bertz CT molecular complexity index is 390. The maximum absolute atomic E-state index is 10.9. The lowest BCUT2D eigenvalue weighted by Gasteiger charge is -2.05. The molecule has 1 N–H and O–H groups in total. The smallest absolute Gasteiger partial charge is 0.332 e. The molecule has 0 bridgehead atoms. The molecule has 0 atom stereocenters. The molecule has 1 aliphatic carbocycles. The van der Waals surface area contributed by atoms with Crippen molar-refractivity contribution in [2.75, 3.05) is 11.9 Å². The molecule has 6 nitrogen and oxygen atoms in total. The van der Waals surface area contributed by atoms with Crippen LogP contribution in [0.4, 0.5) is 11.5 Å². The number of hydrogen-bond acceptors (Lipinski definition) is 5. The van der Waals surface area contributed by atoms with E-state index >= 15 is 0 Å². The van der Waals surface area contributed by atoms with Crippen LogP contribution in [0.15, 0.2) is 6.33 Å². The van der Waals surface area contributed by atoms with Crippen molar-refractivity contribution < 1.29 is 4.92 Å². The highest BCUT2D eigenvalue weighted by molar-refractivity contribution is 5.59. The number of hydrogen-bond donors (Lipinski definition) is 1. The molecule has 1 aliphatic rings. The van der Waals surface area contributed by atoms with E-state index in [2.05, 4.69) is 15.3 Å². The standard InChI is InChI=1S/C9H12N4O2/c1-2-10-9-8(13(14)15)7(6-3-4-6)11-5-12-9/h5-6H,2-4H2,1H3,(H,10,11,12). The summed E-state index contributed by atoms with van der Waals surface area (Å²) >= 11 is 0. The normalized spacial score (nSPS) is 15.0. The predicted octanol–water partition coefficient (Wildman–Crippen LogP) is 1.69. The lowest BCUT2D eigenvalue weighted by Crippen LogP contribution is -2.07. The van der Waals surface area contributed by atoms with Gasteiger partial charge < -0.3 is 5.32 Å². The maximum Gasteiger partial charge on any atom is 0.332 e. The van der Waals surface area contributed by atoms with Crippen molar-refractivity contribution in [3.05, 3.63) is 22.1 Å². The van der Waals surface area contributed by atoms with Gasteiger partial charge in [0.15, 0.2) is 0 Å². The van der Waals surface area contributed by atoms with Crippen LogP contribution in [0.2, 0.25) is 0 Å². The summed E-state index contributed by atoms with van der Waals surface area (Å²) in [5.41, 5.74) is 0.618. The van der Waals surface area contributed by atoms with Crippen molar-refractivity contribution in [3.63, 3.8) is 0 Å². The molecule has 1 saturated carbocycles. The second kappa shape index (κ2) is 3.80. The Morgan fingerprint density at radius 2 is 2.33 bits per heavy atom. The van der Waals surface area contributed by atoms with Crippen LogP contribution in [0.25, 0.3) is 0 Å². The van der Waals surface area contributed by atoms with Crippen molar-refractivity contribution in [3.8, 4) is 0 Å². The van der Waals surface area contributed by atoms with Gasteiger partial charge in [-0.3, -0.25) is 10.1 Å². The van der Waals surface area contributed by atoms with Gasteiger partial charge in [0.05, 0.1) is 4.92 Å². The zero-order chi connectivity index (χ0) is 10.8. The van der Waals surface area contributed by atoms with Crippen LogP contribution in [0.5, 0.6) is 0 Å². The minimum absolute atomic E-state index is 0.0434. The van der Waals surface area contributed by atoms with Gasteiger partial charge in [-0.1, -0.05) is 0 Å². The van der Waals surface area contributed by atoms with Crippen LogP contribution < -0.4 is 5.32 Å². The predicted molar refractivity (Wildman–Crippen MR) is 54.8 cm³/mol. The Labute approximate surface area is 86.9 Å². The third kappa shape index (κ3) is 1.88. The molecule has 80 valence electrons. The lowest BCUT2D eigenvalue weighted by atomic mass is 10.2. The SMILES string of the molecule is CCNc1ncnc(C2CC2)c1[N+](=O)[O-]. The first-order valence-electron chi connectivity index (χ1n) is 4.97. The summed E-state index contributed by atoms with van der Waals surface area (Å²) < 4.78 is 0. The average molecular weight is 208 g/mol. The van der Waals surface area contributed by atoms with Crippen LogP contribution >= 0.6 is 0 Å². The molecule has 1 aromatic heterocycles. The first kappa shape index (κ1) is 9.82. The van der Waals surface area contributed by atoms with E-state index < -0.39 is 4.92 Å². The topological polar surface area (TPSA) is 81.0 Å². The Hall–Kier alpha value is -1.72. The number of nitro groups is 1. The van der Waals surface area contributed by atoms with E-state index in [1.807, 2.05) is 6.92 Å². The third-order valence-corrected chi connectivity index (χ3v) is 2.34. The van der Waals surface area contributed by atoms with Crippen LogP contribution in [-0.4, -0.2) is 21.4 Å². The van der Waals surface area contributed by atoms with E-state index in [1.165, 1.54) is 6.33 Å². The monoisotopic (exact) mass is 208 g/mol. The number of rotatable bonds is 4. The molecule has 1 heterocycles. The van der Waals surface area contributed by atoms with Crippen molar-refractivity contribution >= 4 is 11.5 Å². The van der Waals surface area contributed by atoms with E-state index in [-0.39, 0.29) is 11.6 Å². The Morgan fingerprint density at radius 1 is 1.60 bits per heavy atom. The fourth-order valence-corrected chi connectivity index (χ4v) is 1.52. The zero-order valence-corrected chi connectivity index (χ0v) is 8.43. The molecule has 1 aromatic rings. The van der Waals surface area contributed by atoms with Crippen molar-refractivity contribution in [2.24, 2.45) is 0 Å². The molecule has 0 radical (unpaired) electrons. The van der Waals surface area contributed by atoms with Gasteiger partial charge in [-0.15, -0.1) is 0 Å². The van der Waals surface area contributed by atoms with Crippen molar-refractivity contribution in [1.82, 2.24) is 9.97 Å². The highest BCUT2D eigenvalue weighted by Crippen LogP contribution is 2.44. The summed E-state index contributed by atoms with van der Waals surface area (Å²) in [6, 6.07) is 0. The molecule has 15 heavy (non-hydrogen) atoms. The van der Waals surface area contributed by atoms with E-state index in [9.17, 15) is 10.1 Å². The molecule has 0 spiro atoms. The minimum Gasteiger partial charge on any atom is -0.365 e. The Balaban J connectivity index is 2.44. The number of nitrogens with one attached hydrogen (secondary N) is 1. The number of aromatic nitrogens is 2. The van der Waals surface area contributed by atoms with Gasteiger partial charge >= 0.3 is 5.69 Å². The van der Waals surface area contributed by atoms with Gasteiger partial charge in [0, 0.05) is 12.5 Å². The number of anilines is 1. The summed E-state index contributed by atoms with van der Waals surface area (Å²) in [6.45, 7) is 2.49. The summed E-state index contributed by atoms with van der Waals surface area (Å²) in [4.78, 5) is 18.4. The second-order valence-corrected chi connectivity index (χ2v) is 3.52. The summed E-state index contributed by atoms with van der Waals surface area (Å²) in [6.07, 6.45) is 3.37. The molecular weight excluding hydrogens is 196 g/mol. The molecule has 6 heteroatoms. The summed E-state index contributed by atoms with van der Waals surface area (Å²) in [5, 5.41) is 13.8. The highest BCUT2D eigenvalue weighted by atomic mass is 16.6. The van der Waals surface area contributed by atoms with Gasteiger partial charge in [0.2, 0.25) is 5.82 Å². The van der Waals surface area contributed by atoms with Gasteiger partial charge in [0.25, 0.3) is 0 Å². The molecule has 0 aromatic carbocycles. The van der Waals surface area contributed by atoms with E-state index in [0.717, 1.165) is 12.8 Å². The zero-order valence-electron chi connectivity index (χ0n) is 8.43. The molecule has 1 fully saturated rings. The van der Waals surface area contributed by atoms with Crippen LogP contribution in [-0.2, 0) is 0 Å². The lowest BCUT2D eigenvalue weighted by molar-refractivity contribution is -0.385. The molecular formula is C9H12N4O2. The molecule has 0 amide bonds. The molecule has 2 rings (SSSR count). The van der Waals surface area contributed by atoms with Gasteiger partial charge in [-0.25, -0.2) is 9.97 Å². The van der Waals surface area contributed by atoms with Gasteiger partial charge in [0.1, 0.15) is 12.0 Å². The summed E-state index contributed by atoms with van der Waals surface area (Å²) in [5.74, 6) is 0.588. The number of nitrogens with zero attached hydrogens (tertiary/aromatic N) is 3. The second-order valence-electron chi connectivity index (χ2n) is 3.52. The molecule has 0 unspecified atom stereocenters. The maximum atomic E-state index is 10.9. The highest BCUT2D eigenvalue weighted by Gasteiger charge is 2.34. The molecule has 0 saturated heterocycles. The largest absolute Gasteiger partial charge is 0.365 e. The fraction of sp³-hybridized carbons (Fsp3) is 0.556. The first-order valence-corrected chi connectivity index (χ1v) is 4.97. The van der Waals surface area contributed by atoms with Crippen LogP contribution in [0, 0.1) is 10.1 Å². The van der Waals surface area contributed by atoms with Gasteiger partial charge in [-0.2, -0.15) is 0 Å². The minimum atomic E-state index is -0.397. The van der Waals surface area contributed by atoms with Crippen LogP contribution in [0.3, 0.4) is 0 Å². The van der Waals surface area contributed by atoms with Crippen molar-refractivity contribution in [2.45, 2.75) is 25.7 Å². The third-order valence-electron chi connectivity index (χ3n) is 2.34. The Kier molecular flexibility index (Phi) is 2.49. The van der Waals surface area contributed by atoms with Crippen molar-refractivity contribution in [1.29, 1.82) is 0 Å². The fourth-order valence-electron chi connectivity index (χ4n) is 1.52. The van der Waals surface area contributed by atoms with Gasteiger partial charge in [-0.05, 0) is 19.8 Å². The average Bonchev–Trinajstić information content (AvgIpc) is 3.00.